The Balaban J connectivity index is 0.951. The maximum Gasteiger partial charge on any atom is 0.211 e. The van der Waals surface area contributed by atoms with Crippen molar-refractivity contribution in [2.24, 2.45) is 9.98 Å². The number of amidine groups is 1. The first-order valence-corrected chi connectivity index (χ1v) is 21.6. The van der Waals surface area contributed by atoms with Crippen molar-refractivity contribution in [2.45, 2.75) is 12.2 Å². The lowest BCUT2D eigenvalue weighted by atomic mass is 9.94. The summed E-state index contributed by atoms with van der Waals surface area (Å²) in [5.74, 6) is 0.866. The van der Waals surface area contributed by atoms with E-state index in [1.165, 1.54) is 64.8 Å². The molecule has 0 saturated carbocycles. The molecule has 0 radical (unpaired) electrons. The first kappa shape index (κ1) is 36.6. The summed E-state index contributed by atoms with van der Waals surface area (Å²) in [7, 11) is 0. The molecular formula is C56H41N4S+. The molecule has 1 aromatic heterocycles. The quantitative estimate of drug-likeness (QED) is 0.158. The summed E-state index contributed by atoms with van der Waals surface area (Å²) in [6, 6.07) is 73.6. The average molecular weight is 802 g/mol. The molecule has 0 spiro atoms. The van der Waals surface area contributed by atoms with Crippen LogP contribution in [0.25, 0.3) is 53.8 Å². The normalized spacial score (nSPS) is 16.3. The van der Waals surface area contributed by atoms with Crippen LogP contribution < -0.4 is 10.6 Å². The Bertz CT molecular complexity index is 3150. The summed E-state index contributed by atoms with van der Waals surface area (Å²) in [6.07, 6.45) is 4.39. The van der Waals surface area contributed by atoms with Crippen LogP contribution in [-0.2, 0) is 0 Å². The smallest absolute Gasteiger partial charge is 0.211 e. The van der Waals surface area contributed by atoms with Crippen molar-refractivity contribution in [2.75, 3.05) is 0 Å². The van der Waals surface area contributed by atoms with Crippen LogP contribution >= 0.6 is 11.3 Å². The molecule has 4 nitrogen and oxygen atoms in total. The van der Waals surface area contributed by atoms with Crippen molar-refractivity contribution in [3.8, 4) is 22.3 Å². The second-order valence-electron chi connectivity index (χ2n) is 15.6. The van der Waals surface area contributed by atoms with Crippen LogP contribution in [0.2, 0.25) is 0 Å². The summed E-state index contributed by atoms with van der Waals surface area (Å²) in [5.41, 5.74) is 14.8. The minimum atomic E-state index is -0.0621. The largest absolute Gasteiger partial charge is 0.359 e. The van der Waals surface area contributed by atoms with E-state index in [-0.39, 0.29) is 12.2 Å². The zero-order chi connectivity index (χ0) is 40.5. The number of quaternary nitrogens is 1. The van der Waals surface area contributed by atoms with E-state index in [0.29, 0.717) is 0 Å². The van der Waals surface area contributed by atoms with E-state index in [0.717, 1.165) is 33.9 Å². The lowest BCUT2D eigenvalue weighted by Gasteiger charge is -2.24. The lowest BCUT2D eigenvalue weighted by molar-refractivity contribution is -0.609. The number of fused-ring (bicyclic) bond motifs is 3. The highest BCUT2D eigenvalue weighted by molar-refractivity contribution is 7.26. The van der Waals surface area contributed by atoms with Gasteiger partial charge in [0.2, 0.25) is 6.17 Å². The number of rotatable bonds is 8. The summed E-state index contributed by atoms with van der Waals surface area (Å²) < 4.78 is 2.59. The van der Waals surface area contributed by atoms with Gasteiger partial charge in [-0.15, -0.1) is 11.3 Å². The monoisotopic (exact) mass is 801 g/mol. The van der Waals surface area contributed by atoms with Crippen molar-refractivity contribution in [1.29, 1.82) is 0 Å². The number of nitrogens with zero attached hydrogens (tertiary/aromatic N) is 2. The Morgan fingerprint density at radius 1 is 0.475 bits per heavy atom. The van der Waals surface area contributed by atoms with E-state index < -0.39 is 0 Å². The molecule has 2 aliphatic rings. The highest BCUT2D eigenvalue weighted by Crippen LogP contribution is 2.43. The molecule has 3 heterocycles. The molecule has 0 fully saturated rings. The minimum absolute atomic E-state index is 0.00135. The highest BCUT2D eigenvalue weighted by atomic mass is 32.1. The number of thiophene rings is 1. The third-order valence-corrected chi connectivity index (χ3v) is 12.9. The van der Waals surface area contributed by atoms with Crippen molar-refractivity contribution in [1.82, 2.24) is 5.32 Å². The van der Waals surface area contributed by atoms with Gasteiger partial charge in [0.15, 0.2) is 0 Å². The van der Waals surface area contributed by atoms with Gasteiger partial charge in [-0.1, -0.05) is 176 Å². The van der Waals surface area contributed by atoms with E-state index in [1.54, 1.807) is 0 Å². The first-order chi connectivity index (χ1) is 30.2. The fourth-order valence-electron chi connectivity index (χ4n) is 8.52. The maximum atomic E-state index is 5.19. The van der Waals surface area contributed by atoms with Crippen LogP contribution in [-0.4, -0.2) is 11.5 Å². The Hall–Kier alpha value is -7.44. The van der Waals surface area contributed by atoms with E-state index >= 15 is 0 Å². The number of benzene rings is 8. The third kappa shape index (κ3) is 7.31. The molecule has 0 amide bonds. The molecule has 5 heteroatoms. The third-order valence-electron chi connectivity index (χ3n) is 11.7. The number of nitrogens with two attached hydrogens (primary N) is 1. The predicted molar refractivity (Wildman–Crippen MR) is 256 cm³/mol. The molecule has 2 aliphatic heterocycles. The minimum Gasteiger partial charge on any atom is -0.359 e. The standard InChI is InChI=1S/C56H40N4S/c1-5-15-39(16-6-1)49-35-50(40-17-7-2-8-18-40)59-56(58-49)44-31-27-38(28-32-44)47-33-45(34-48-46-23-13-14-24-53(46)61-54(47)48)37-25-29-42(30-26-37)52-36-51(41-19-9-3-10-20-41)57-55(60-52)43-21-11-4-12-22-43/h1-36,49,55,60H,(H,58,59)/p+1. The first-order valence-electron chi connectivity index (χ1n) is 20.8. The Morgan fingerprint density at radius 3 is 1.79 bits per heavy atom. The number of allylic oxidation sites excluding steroid dienone is 1. The second-order valence-corrected chi connectivity index (χ2v) is 16.6. The van der Waals surface area contributed by atoms with Gasteiger partial charge in [0.1, 0.15) is 11.5 Å². The van der Waals surface area contributed by atoms with Crippen molar-refractivity contribution < 1.29 is 5.32 Å². The summed E-state index contributed by atoms with van der Waals surface area (Å²) in [5, 5.41) is 8.59. The molecule has 2 unspecified atom stereocenters. The molecule has 8 aromatic carbocycles. The van der Waals surface area contributed by atoms with Crippen molar-refractivity contribution in [3.63, 3.8) is 0 Å². The van der Waals surface area contributed by atoms with Gasteiger partial charge >= 0.3 is 0 Å². The predicted octanol–water partition coefficient (Wildman–Crippen LogP) is 12.6. The van der Waals surface area contributed by atoms with Crippen LogP contribution in [0.1, 0.15) is 45.6 Å². The number of aliphatic imine (C=N–C) groups is 2. The molecule has 9 aromatic rings. The van der Waals surface area contributed by atoms with Crippen LogP contribution in [0.3, 0.4) is 0 Å². The Morgan fingerprint density at radius 2 is 1.07 bits per heavy atom. The molecule has 0 saturated heterocycles. The van der Waals surface area contributed by atoms with E-state index in [1.807, 2.05) is 17.4 Å². The highest BCUT2D eigenvalue weighted by Gasteiger charge is 2.25. The fraction of sp³-hybridized carbons (Fsp3) is 0.0357. The summed E-state index contributed by atoms with van der Waals surface area (Å²) in [4.78, 5) is 10.4. The molecule has 290 valence electrons. The van der Waals surface area contributed by atoms with Crippen LogP contribution in [0.15, 0.2) is 228 Å². The fourth-order valence-corrected chi connectivity index (χ4v) is 9.74. The molecule has 61 heavy (non-hydrogen) atoms. The molecule has 0 bridgehead atoms. The zero-order valence-corrected chi connectivity index (χ0v) is 34.1. The topological polar surface area (TPSA) is 53.4 Å². The number of nitrogens with one attached hydrogen (secondary N) is 1. The maximum absolute atomic E-state index is 5.19. The Labute approximate surface area is 359 Å². The molecular weight excluding hydrogens is 761 g/mol. The summed E-state index contributed by atoms with van der Waals surface area (Å²) in [6.45, 7) is 0. The van der Waals surface area contributed by atoms with Gasteiger partial charge in [0.05, 0.1) is 17.5 Å². The molecule has 2 atom stereocenters. The number of hydrogen-bond acceptors (Lipinski definition) is 4. The van der Waals surface area contributed by atoms with Gasteiger partial charge in [0, 0.05) is 54.1 Å². The van der Waals surface area contributed by atoms with Gasteiger partial charge in [-0.05, 0) is 64.2 Å². The van der Waals surface area contributed by atoms with Crippen LogP contribution in [0, 0.1) is 0 Å². The van der Waals surface area contributed by atoms with Gasteiger partial charge in [-0.25, -0.2) is 9.98 Å². The Kier molecular flexibility index (Phi) is 9.58. The van der Waals surface area contributed by atoms with Gasteiger partial charge in [0.25, 0.3) is 0 Å². The molecule has 11 rings (SSSR count). The van der Waals surface area contributed by atoms with Gasteiger partial charge in [-0.2, -0.15) is 0 Å². The lowest BCUT2D eigenvalue weighted by Crippen LogP contribution is -2.82. The van der Waals surface area contributed by atoms with Crippen LogP contribution in [0.4, 0.5) is 0 Å². The molecule has 3 N–H and O–H groups in total. The molecule has 0 aliphatic carbocycles. The number of hydrogen-bond donors (Lipinski definition) is 2. The second kappa shape index (κ2) is 16.0. The SMILES string of the molecule is C1=C(c2ccccc2)N=C(c2ccc(-c3cc(-c4ccc(C5=CC(c6ccccc6)=NC(c6ccccc6)[NH2+]5)cc4)cc4c3sc3ccccc34)cc2)NC1c1ccccc1. The van der Waals surface area contributed by atoms with E-state index in [9.17, 15) is 0 Å². The van der Waals surface area contributed by atoms with Crippen molar-refractivity contribution >= 4 is 54.5 Å². The van der Waals surface area contributed by atoms with E-state index in [4.69, 9.17) is 9.98 Å². The average Bonchev–Trinajstić information content (AvgIpc) is 3.73. The van der Waals surface area contributed by atoms with Gasteiger partial charge < -0.3 is 5.32 Å². The van der Waals surface area contributed by atoms with Crippen molar-refractivity contribution in [3.05, 3.63) is 252 Å². The summed E-state index contributed by atoms with van der Waals surface area (Å²) >= 11 is 1.87. The van der Waals surface area contributed by atoms with E-state index in [2.05, 4.69) is 223 Å². The zero-order valence-electron chi connectivity index (χ0n) is 33.3. The van der Waals surface area contributed by atoms with Crippen LogP contribution in [0.5, 0.6) is 0 Å². The van der Waals surface area contributed by atoms with Gasteiger partial charge in [-0.3, -0.25) is 5.32 Å².